The molecule has 32 heavy (non-hydrogen) atoms. The van der Waals surface area contributed by atoms with E-state index in [1.807, 2.05) is 26.8 Å². The van der Waals surface area contributed by atoms with E-state index in [9.17, 15) is 9.59 Å². The van der Waals surface area contributed by atoms with E-state index in [1.54, 1.807) is 49.6 Å². The van der Waals surface area contributed by atoms with Gasteiger partial charge in [-0.05, 0) is 73.9 Å². The molecule has 3 aromatic carbocycles. The van der Waals surface area contributed by atoms with Crippen LogP contribution in [0.25, 0.3) is 0 Å². The van der Waals surface area contributed by atoms with Gasteiger partial charge in [0, 0.05) is 11.1 Å². The van der Waals surface area contributed by atoms with Crippen LogP contribution in [0.5, 0.6) is 11.5 Å². The number of carbonyl (C=O) groups excluding carboxylic acids is 2. The Morgan fingerprint density at radius 2 is 1.66 bits per heavy atom. The number of nitrogens with one attached hydrogen (secondary N) is 1. The molecule has 0 radical (unpaired) electrons. The number of methoxy groups -OCH3 is 2. The summed E-state index contributed by atoms with van der Waals surface area (Å²) in [5, 5.41) is 2.78. The van der Waals surface area contributed by atoms with Crippen LogP contribution < -0.4 is 14.8 Å². The minimum Gasteiger partial charge on any atom is -0.496 e. The Labute approximate surface area is 188 Å². The topological polar surface area (TPSA) is 73.9 Å². The fourth-order valence-electron chi connectivity index (χ4n) is 3.41. The van der Waals surface area contributed by atoms with E-state index in [-0.39, 0.29) is 18.1 Å². The molecule has 0 aliphatic rings. The fraction of sp³-hybridized carbons (Fsp3) is 0.231. The Morgan fingerprint density at radius 3 is 2.38 bits per heavy atom. The highest BCUT2D eigenvalue weighted by atomic mass is 16.5. The summed E-state index contributed by atoms with van der Waals surface area (Å²) >= 11 is 0. The Bertz CT molecular complexity index is 1150. The van der Waals surface area contributed by atoms with Gasteiger partial charge in [-0.25, -0.2) is 4.79 Å². The summed E-state index contributed by atoms with van der Waals surface area (Å²) in [5.74, 6) is 0.548. The molecule has 0 atom stereocenters. The Kier molecular flexibility index (Phi) is 7.15. The first-order valence-corrected chi connectivity index (χ1v) is 10.2. The highest BCUT2D eigenvalue weighted by Crippen LogP contribution is 2.27. The van der Waals surface area contributed by atoms with E-state index in [0.29, 0.717) is 17.0 Å². The fourth-order valence-corrected chi connectivity index (χ4v) is 3.41. The van der Waals surface area contributed by atoms with E-state index in [4.69, 9.17) is 14.2 Å². The molecular formula is C26H27NO5. The molecule has 166 valence electrons. The number of amides is 1. The average molecular weight is 434 g/mol. The third kappa shape index (κ3) is 5.09. The molecule has 0 bridgehead atoms. The molecule has 6 heteroatoms. The summed E-state index contributed by atoms with van der Waals surface area (Å²) in [6.45, 7) is 6.33. The number of carbonyl (C=O) groups is 2. The van der Waals surface area contributed by atoms with Gasteiger partial charge in [0.15, 0.2) is 0 Å². The zero-order valence-electron chi connectivity index (χ0n) is 18.9. The second-order valence-electron chi connectivity index (χ2n) is 7.51. The van der Waals surface area contributed by atoms with Gasteiger partial charge in [-0.1, -0.05) is 18.2 Å². The monoisotopic (exact) mass is 433 g/mol. The summed E-state index contributed by atoms with van der Waals surface area (Å²) < 4.78 is 16.3. The minimum atomic E-state index is -0.520. The normalized spacial score (nSPS) is 10.4. The SMILES string of the molecule is COC(=O)c1ccccc1NC(=O)c1ccc(OC)c(COc2cc(C)cc(C)c2C)c1. The van der Waals surface area contributed by atoms with Crippen LogP contribution in [0, 0.1) is 20.8 Å². The van der Waals surface area contributed by atoms with Gasteiger partial charge < -0.3 is 19.5 Å². The lowest BCUT2D eigenvalue weighted by molar-refractivity contribution is 0.0602. The van der Waals surface area contributed by atoms with Crippen molar-refractivity contribution in [2.75, 3.05) is 19.5 Å². The second kappa shape index (κ2) is 10.0. The number of ether oxygens (including phenoxy) is 3. The van der Waals surface area contributed by atoms with Gasteiger partial charge >= 0.3 is 5.97 Å². The zero-order valence-corrected chi connectivity index (χ0v) is 18.9. The van der Waals surface area contributed by atoms with Crippen LogP contribution in [0.1, 0.15) is 43.0 Å². The third-order valence-corrected chi connectivity index (χ3v) is 5.27. The number of hydrogen-bond donors (Lipinski definition) is 1. The van der Waals surface area contributed by atoms with Crippen molar-refractivity contribution in [3.63, 3.8) is 0 Å². The summed E-state index contributed by atoms with van der Waals surface area (Å²) in [7, 11) is 2.88. The molecule has 0 saturated heterocycles. The van der Waals surface area contributed by atoms with Crippen LogP contribution in [0.2, 0.25) is 0 Å². The minimum absolute atomic E-state index is 0.243. The van der Waals surface area contributed by atoms with Gasteiger partial charge in [0.2, 0.25) is 0 Å². The van der Waals surface area contributed by atoms with Crippen LogP contribution >= 0.6 is 0 Å². The summed E-state index contributed by atoms with van der Waals surface area (Å²) in [6, 6.07) is 15.9. The molecule has 0 aliphatic heterocycles. The number of anilines is 1. The third-order valence-electron chi connectivity index (χ3n) is 5.27. The van der Waals surface area contributed by atoms with Crippen LogP contribution in [0.3, 0.4) is 0 Å². The van der Waals surface area contributed by atoms with E-state index in [0.717, 1.165) is 28.0 Å². The largest absolute Gasteiger partial charge is 0.496 e. The molecule has 1 amide bonds. The Morgan fingerprint density at radius 1 is 0.906 bits per heavy atom. The standard InChI is InChI=1S/C26H27NO5/c1-16-12-17(2)18(3)24(13-16)32-15-20-14-19(10-11-23(20)30-4)25(28)27-22-9-7-6-8-21(22)26(29)31-5/h6-14H,15H2,1-5H3,(H,27,28). The molecule has 1 N–H and O–H groups in total. The van der Waals surface area contributed by atoms with Crippen molar-refractivity contribution in [3.8, 4) is 11.5 Å². The molecule has 0 heterocycles. The number of benzene rings is 3. The number of rotatable bonds is 7. The van der Waals surface area contributed by atoms with E-state index in [2.05, 4.69) is 11.4 Å². The van der Waals surface area contributed by atoms with Crippen molar-refractivity contribution in [2.24, 2.45) is 0 Å². The highest BCUT2D eigenvalue weighted by Gasteiger charge is 2.16. The van der Waals surface area contributed by atoms with Crippen molar-refractivity contribution in [1.29, 1.82) is 0 Å². The number of esters is 1. The van der Waals surface area contributed by atoms with Crippen LogP contribution in [0.15, 0.2) is 54.6 Å². The van der Waals surface area contributed by atoms with E-state index < -0.39 is 5.97 Å². The first-order valence-electron chi connectivity index (χ1n) is 10.2. The number of hydrogen-bond acceptors (Lipinski definition) is 5. The predicted octanol–water partition coefficient (Wildman–Crippen LogP) is 5.24. The van der Waals surface area contributed by atoms with Gasteiger partial charge in [-0.2, -0.15) is 0 Å². The maximum atomic E-state index is 12.9. The molecule has 3 aromatic rings. The second-order valence-corrected chi connectivity index (χ2v) is 7.51. The van der Waals surface area contributed by atoms with Crippen molar-refractivity contribution in [1.82, 2.24) is 0 Å². The molecule has 0 unspecified atom stereocenters. The highest BCUT2D eigenvalue weighted by molar-refractivity contribution is 6.08. The lowest BCUT2D eigenvalue weighted by Crippen LogP contribution is -2.16. The number of aryl methyl sites for hydroxylation is 2. The lowest BCUT2D eigenvalue weighted by Gasteiger charge is -2.15. The molecule has 0 fully saturated rings. The first-order chi connectivity index (χ1) is 15.3. The molecule has 6 nitrogen and oxygen atoms in total. The van der Waals surface area contributed by atoms with Crippen LogP contribution in [-0.4, -0.2) is 26.1 Å². The van der Waals surface area contributed by atoms with Gasteiger partial charge in [-0.15, -0.1) is 0 Å². The maximum absolute atomic E-state index is 12.9. The molecule has 0 aliphatic carbocycles. The summed E-state index contributed by atoms with van der Waals surface area (Å²) in [4.78, 5) is 24.9. The molecular weight excluding hydrogens is 406 g/mol. The zero-order chi connectivity index (χ0) is 23.3. The first kappa shape index (κ1) is 22.9. The molecule has 0 aromatic heterocycles. The van der Waals surface area contributed by atoms with Crippen LogP contribution in [0.4, 0.5) is 5.69 Å². The molecule has 0 saturated carbocycles. The quantitative estimate of drug-likeness (QED) is 0.516. The van der Waals surface area contributed by atoms with Gasteiger partial charge in [0.05, 0.1) is 25.5 Å². The van der Waals surface area contributed by atoms with E-state index >= 15 is 0 Å². The number of para-hydroxylation sites is 1. The predicted molar refractivity (Wildman–Crippen MR) is 124 cm³/mol. The van der Waals surface area contributed by atoms with E-state index in [1.165, 1.54) is 7.11 Å². The molecule has 3 rings (SSSR count). The van der Waals surface area contributed by atoms with Gasteiger partial charge in [-0.3, -0.25) is 4.79 Å². The van der Waals surface area contributed by atoms with Crippen LogP contribution in [-0.2, 0) is 11.3 Å². The maximum Gasteiger partial charge on any atom is 0.339 e. The van der Waals surface area contributed by atoms with Gasteiger partial charge in [0.25, 0.3) is 5.91 Å². The summed E-state index contributed by atoms with van der Waals surface area (Å²) in [6.07, 6.45) is 0. The van der Waals surface area contributed by atoms with Gasteiger partial charge in [0.1, 0.15) is 18.1 Å². The lowest BCUT2D eigenvalue weighted by atomic mass is 10.1. The van der Waals surface area contributed by atoms with Crippen molar-refractivity contribution in [3.05, 3.63) is 88.0 Å². The average Bonchev–Trinajstić information content (AvgIpc) is 2.80. The smallest absolute Gasteiger partial charge is 0.339 e. The van der Waals surface area contributed by atoms with Crippen molar-refractivity contribution >= 4 is 17.6 Å². The Balaban J connectivity index is 1.84. The molecule has 0 spiro atoms. The van der Waals surface area contributed by atoms with Crippen molar-refractivity contribution < 1.29 is 23.8 Å². The summed E-state index contributed by atoms with van der Waals surface area (Å²) in [5.41, 5.74) is 5.16. The van der Waals surface area contributed by atoms with Crippen molar-refractivity contribution in [2.45, 2.75) is 27.4 Å². The Hall–Kier alpha value is -3.80.